The molecule has 104 valence electrons. The lowest BCUT2D eigenvalue weighted by atomic mass is 10.1. The van der Waals surface area contributed by atoms with Crippen LogP contribution in [0.25, 0.3) is 0 Å². The molecule has 0 radical (unpaired) electrons. The summed E-state index contributed by atoms with van der Waals surface area (Å²) in [5.41, 5.74) is 0.498. The summed E-state index contributed by atoms with van der Waals surface area (Å²) < 4.78 is 5.04. The molecule has 4 nitrogen and oxygen atoms in total. The third kappa shape index (κ3) is 2.95. The van der Waals surface area contributed by atoms with E-state index >= 15 is 0 Å². The number of nitrogens with zero attached hydrogens (tertiary/aromatic N) is 1. The van der Waals surface area contributed by atoms with E-state index in [1.165, 1.54) is 11.3 Å². The number of hydrogen-bond donors (Lipinski definition) is 1. The van der Waals surface area contributed by atoms with Crippen LogP contribution in [0.3, 0.4) is 0 Å². The molecule has 0 aliphatic carbocycles. The number of carbonyl (C=O) groups is 2. The van der Waals surface area contributed by atoms with Gasteiger partial charge in [-0.05, 0) is 31.6 Å². The molecule has 0 saturated carbocycles. The van der Waals surface area contributed by atoms with E-state index in [1.807, 2.05) is 6.92 Å². The normalized spacial score (nSPS) is 19.0. The van der Waals surface area contributed by atoms with Gasteiger partial charge in [0.15, 0.2) is 0 Å². The first-order valence-corrected chi connectivity index (χ1v) is 7.70. The fourth-order valence-corrected chi connectivity index (χ4v) is 3.42. The zero-order valence-corrected chi connectivity index (χ0v) is 12.7. The molecule has 1 aromatic heterocycles. The summed E-state index contributed by atoms with van der Waals surface area (Å²) in [7, 11) is 0. The fourth-order valence-electron chi connectivity index (χ4n) is 2.16. The number of thiophene rings is 1. The molecule has 6 heteroatoms. The minimum absolute atomic E-state index is 0.0615. The van der Waals surface area contributed by atoms with Crippen molar-refractivity contribution in [3.63, 3.8) is 0 Å². The van der Waals surface area contributed by atoms with E-state index in [0.29, 0.717) is 35.9 Å². The summed E-state index contributed by atoms with van der Waals surface area (Å²) in [4.78, 5) is 26.7. The number of thiol groups is 1. The maximum absolute atomic E-state index is 12.0. The Morgan fingerprint density at radius 3 is 2.95 bits per heavy atom. The lowest BCUT2D eigenvalue weighted by molar-refractivity contribution is -0.117. The van der Waals surface area contributed by atoms with Crippen LogP contribution in [0.5, 0.6) is 0 Å². The molecule has 0 aromatic carbocycles. The summed E-state index contributed by atoms with van der Waals surface area (Å²) in [6, 6.07) is 1.79. The number of rotatable bonds is 4. The van der Waals surface area contributed by atoms with E-state index in [1.54, 1.807) is 17.9 Å². The minimum atomic E-state index is -0.357. The van der Waals surface area contributed by atoms with Gasteiger partial charge in [0.1, 0.15) is 5.00 Å². The lowest BCUT2D eigenvalue weighted by Gasteiger charge is -2.16. The molecule has 1 aliphatic rings. The zero-order chi connectivity index (χ0) is 14.0. The molecule has 1 aliphatic heterocycles. The van der Waals surface area contributed by atoms with Crippen LogP contribution in [0.2, 0.25) is 0 Å². The molecule has 1 unspecified atom stereocenters. The molecule has 1 fully saturated rings. The Hall–Kier alpha value is -1.01. The van der Waals surface area contributed by atoms with Gasteiger partial charge in [-0.15, -0.1) is 11.3 Å². The minimum Gasteiger partial charge on any atom is -0.462 e. The van der Waals surface area contributed by atoms with Crippen LogP contribution in [0, 0.1) is 12.8 Å². The summed E-state index contributed by atoms with van der Waals surface area (Å²) in [5.74, 6) is 0.644. The largest absolute Gasteiger partial charge is 0.462 e. The van der Waals surface area contributed by atoms with E-state index < -0.39 is 0 Å². The van der Waals surface area contributed by atoms with Gasteiger partial charge in [-0.1, -0.05) is 0 Å². The third-order valence-corrected chi connectivity index (χ3v) is 4.63. The van der Waals surface area contributed by atoms with E-state index in [9.17, 15) is 9.59 Å². The van der Waals surface area contributed by atoms with Gasteiger partial charge < -0.3 is 9.64 Å². The number of ether oxygens (including phenoxy) is 1. The summed E-state index contributed by atoms with van der Waals surface area (Å²) in [6.07, 6.45) is 0.503. The van der Waals surface area contributed by atoms with Gasteiger partial charge in [-0.25, -0.2) is 4.79 Å². The standard InChI is InChI=1S/C13H17NO3S2/c1-3-17-13(16)10-4-8(2)19-12(10)14-6-9(7-18)5-11(14)15/h4,9,18H,3,5-7H2,1-2H3. The summed E-state index contributed by atoms with van der Waals surface area (Å²) >= 11 is 5.71. The first kappa shape index (κ1) is 14.4. The predicted molar refractivity (Wildman–Crippen MR) is 79.3 cm³/mol. The van der Waals surface area contributed by atoms with Crippen LogP contribution >= 0.6 is 24.0 Å². The maximum atomic E-state index is 12.0. The number of carbonyl (C=O) groups excluding carboxylic acids is 2. The van der Waals surface area contributed by atoms with Gasteiger partial charge >= 0.3 is 5.97 Å². The van der Waals surface area contributed by atoms with Crippen LogP contribution in [-0.4, -0.2) is 30.8 Å². The molecule has 2 rings (SSSR count). The van der Waals surface area contributed by atoms with Gasteiger partial charge in [0.25, 0.3) is 0 Å². The summed E-state index contributed by atoms with van der Waals surface area (Å²) in [5, 5.41) is 0.713. The van der Waals surface area contributed by atoms with Crippen LogP contribution in [0.1, 0.15) is 28.6 Å². The number of hydrogen-bond acceptors (Lipinski definition) is 5. The second-order valence-corrected chi connectivity index (χ2v) is 6.15. The number of esters is 1. The topological polar surface area (TPSA) is 46.6 Å². The zero-order valence-electron chi connectivity index (χ0n) is 11.0. The van der Waals surface area contributed by atoms with Crippen LogP contribution in [-0.2, 0) is 9.53 Å². The Balaban J connectivity index is 2.29. The van der Waals surface area contributed by atoms with Crippen molar-refractivity contribution in [2.24, 2.45) is 5.92 Å². The third-order valence-electron chi connectivity index (χ3n) is 3.04. The Bertz CT molecular complexity index is 498. The first-order chi connectivity index (χ1) is 9.06. The van der Waals surface area contributed by atoms with Gasteiger partial charge in [-0.3, -0.25) is 4.79 Å². The van der Waals surface area contributed by atoms with Crippen LogP contribution in [0.4, 0.5) is 5.00 Å². The SMILES string of the molecule is CCOC(=O)c1cc(C)sc1N1CC(CS)CC1=O. The molecule has 1 amide bonds. The molecule has 0 N–H and O–H groups in total. The predicted octanol–water partition coefficient (Wildman–Crippen LogP) is 2.52. The number of amides is 1. The first-order valence-electron chi connectivity index (χ1n) is 6.25. The molecule has 2 heterocycles. The Morgan fingerprint density at radius 1 is 1.63 bits per heavy atom. The van der Waals surface area contributed by atoms with Gasteiger partial charge in [0.2, 0.25) is 5.91 Å². The highest BCUT2D eigenvalue weighted by Gasteiger charge is 2.33. The van der Waals surface area contributed by atoms with Crippen LogP contribution in [0.15, 0.2) is 6.07 Å². The highest BCUT2D eigenvalue weighted by molar-refractivity contribution is 7.80. The highest BCUT2D eigenvalue weighted by Crippen LogP contribution is 2.36. The fraction of sp³-hybridized carbons (Fsp3) is 0.538. The van der Waals surface area contributed by atoms with Crippen molar-refractivity contribution < 1.29 is 14.3 Å². The average molecular weight is 299 g/mol. The van der Waals surface area contributed by atoms with Crippen molar-refractivity contribution in [1.29, 1.82) is 0 Å². The molecule has 0 bridgehead atoms. The van der Waals surface area contributed by atoms with Crippen LogP contribution < -0.4 is 4.90 Å². The monoisotopic (exact) mass is 299 g/mol. The number of anilines is 1. The summed E-state index contributed by atoms with van der Waals surface area (Å²) in [6.45, 7) is 4.66. The quantitative estimate of drug-likeness (QED) is 0.686. The molecular formula is C13H17NO3S2. The Kier molecular flexibility index (Phi) is 4.52. The van der Waals surface area contributed by atoms with E-state index in [-0.39, 0.29) is 17.8 Å². The number of aryl methyl sites for hydroxylation is 1. The van der Waals surface area contributed by atoms with E-state index in [4.69, 9.17) is 4.74 Å². The van der Waals surface area contributed by atoms with E-state index in [0.717, 1.165) is 4.88 Å². The smallest absolute Gasteiger partial charge is 0.341 e. The maximum Gasteiger partial charge on any atom is 0.341 e. The Morgan fingerprint density at radius 2 is 2.37 bits per heavy atom. The molecule has 1 saturated heterocycles. The van der Waals surface area contributed by atoms with Crippen molar-refractivity contribution >= 4 is 40.8 Å². The highest BCUT2D eigenvalue weighted by atomic mass is 32.1. The van der Waals surface area contributed by atoms with Crippen molar-refractivity contribution in [2.75, 3.05) is 23.8 Å². The van der Waals surface area contributed by atoms with Gasteiger partial charge in [0.05, 0.1) is 12.2 Å². The van der Waals surface area contributed by atoms with Crippen molar-refractivity contribution in [1.82, 2.24) is 0 Å². The molecule has 1 atom stereocenters. The molecular weight excluding hydrogens is 282 g/mol. The molecule has 19 heavy (non-hydrogen) atoms. The van der Waals surface area contributed by atoms with Crippen molar-refractivity contribution in [2.45, 2.75) is 20.3 Å². The van der Waals surface area contributed by atoms with Crippen molar-refractivity contribution in [3.8, 4) is 0 Å². The second-order valence-electron chi connectivity index (χ2n) is 4.55. The average Bonchev–Trinajstić information content (AvgIpc) is 2.92. The lowest BCUT2D eigenvalue weighted by Crippen LogP contribution is -2.25. The molecule has 1 aromatic rings. The molecule has 0 spiro atoms. The van der Waals surface area contributed by atoms with Crippen molar-refractivity contribution in [3.05, 3.63) is 16.5 Å². The van der Waals surface area contributed by atoms with Gasteiger partial charge in [-0.2, -0.15) is 12.6 Å². The second kappa shape index (κ2) is 5.96. The van der Waals surface area contributed by atoms with Gasteiger partial charge in [0, 0.05) is 17.8 Å². The Labute approximate surface area is 122 Å². The van der Waals surface area contributed by atoms with E-state index in [2.05, 4.69) is 12.6 Å².